The van der Waals surface area contributed by atoms with Gasteiger partial charge in [-0.25, -0.2) is 4.79 Å². The van der Waals surface area contributed by atoms with Crippen molar-refractivity contribution >= 4 is 5.97 Å². The molecule has 0 aliphatic heterocycles. The Morgan fingerprint density at radius 2 is 2.00 bits per heavy atom. The van der Waals surface area contributed by atoms with Crippen LogP contribution in [0.3, 0.4) is 0 Å². The Morgan fingerprint density at radius 3 is 2.11 bits per heavy atom. The Morgan fingerprint density at radius 1 is 1.56 bits per heavy atom. The second-order valence-corrected chi connectivity index (χ2v) is 1.39. The summed E-state index contributed by atoms with van der Waals surface area (Å²) in [6.07, 6.45) is 0.572. The number of aliphatic carboxylic acids is 1. The molecule has 4 nitrogen and oxygen atoms in total. The molecule has 50 valence electrons. The minimum absolute atomic E-state index is 0.155. The van der Waals surface area contributed by atoms with Gasteiger partial charge in [0.15, 0.2) is 0 Å². The van der Waals surface area contributed by atoms with Crippen molar-refractivity contribution in [3.63, 3.8) is 0 Å². The normalized spacial score (nSPS) is 10.9. The molecule has 0 aliphatic carbocycles. The van der Waals surface area contributed by atoms with E-state index in [2.05, 4.69) is 6.58 Å². The number of carbonyl (C=O) groups is 1. The molecule has 0 heterocycles. The number of rotatable bonds is 2. The van der Waals surface area contributed by atoms with E-state index in [1.54, 1.807) is 0 Å². The zero-order chi connectivity index (χ0) is 7.44. The first-order chi connectivity index (χ1) is 4.04. The average Bonchev–Trinajstić information content (AvgIpc) is 1.63. The molecule has 4 heteroatoms. The lowest BCUT2D eigenvalue weighted by Crippen LogP contribution is -2.01. The number of aliphatic hydroxyl groups is 1. The summed E-state index contributed by atoms with van der Waals surface area (Å²) in [5, 5.41) is 16.6. The van der Waals surface area contributed by atoms with Crippen LogP contribution in [-0.2, 0) is 4.79 Å². The molecule has 0 aliphatic rings. The third kappa shape index (κ3) is 3.16. The quantitative estimate of drug-likeness (QED) is 0.278. The molecule has 0 amide bonds. The van der Waals surface area contributed by atoms with Gasteiger partial charge in [-0.2, -0.15) is 0 Å². The Bertz CT molecular complexity index is 171. The first-order valence-corrected chi connectivity index (χ1v) is 2.12. The number of nitrogens with two attached hydrogens (primary N) is 1. The topological polar surface area (TPSA) is 83.5 Å². The molecule has 4 N–H and O–H groups in total. The molecule has 0 aromatic heterocycles. The van der Waals surface area contributed by atoms with E-state index >= 15 is 0 Å². The maximum Gasteiger partial charge on any atom is 0.332 e. The van der Waals surface area contributed by atoms with E-state index < -0.39 is 11.7 Å². The number of aliphatic hydroxyl groups excluding tert-OH is 1. The van der Waals surface area contributed by atoms with Crippen molar-refractivity contribution in [2.45, 2.75) is 0 Å². The molecule has 0 aromatic rings. The molecule has 0 radical (unpaired) electrons. The van der Waals surface area contributed by atoms with E-state index in [9.17, 15) is 4.79 Å². The Kier molecular flexibility index (Phi) is 2.32. The molecule has 0 fully saturated rings. The highest BCUT2D eigenvalue weighted by Crippen LogP contribution is 1.93. The molecule has 0 rings (SSSR count). The molecular formula is C5H7NO3. The molecular weight excluding hydrogens is 122 g/mol. The molecule has 0 saturated carbocycles. The zero-order valence-corrected chi connectivity index (χ0v) is 4.66. The van der Waals surface area contributed by atoms with Crippen LogP contribution in [0.2, 0.25) is 0 Å². The van der Waals surface area contributed by atoms with Gasteiger partial charge in [0, 0.05) is 0 Å². The summed E-state index contributed by atoms with van der Waals surface area (Å²) in [5.41, 5.74) is 4.75. The van der Waals surface area contributed by atoms with Gasteiger partial charge >= 0.3 is 5.97 Å². The van der Waals surface area contributed by atoms with E-state index in [4.69, 9.17) is 15.9 Å². The van der Waals surface area contributed by atoms with Gasteiger partial charge in [-0.1, -0.05) is 6.58 Å². The molecule has 0 aromatic carbocycles. The summed E-state index contributed by atoms with van der Waals surface area (Å²) in [7, 11) is 0. The molecule has 0 bridgehead atoms. The van der Waals surface area contributed by atoms with Crippen LogP contribution >= 0.6 is 0 Å². The third-order valence-electron chi connectivity index (χ3n) is 0.589. The second-order valence-electron chi connectivity index (χ2n) is 1.39. The summed E-state index contributed by atoms with van der Waals surface area (Å²) >= 11 is 0. The summed E-state index contributed by atoms with van der Waals surface area (Å²) in [4.78, 5) is 9.78. The standard InChI is InChI=1S/C5H7NO3/c1-3(6)4(7)2-5(8)9/h2,7H,1,6H2,(H,8,9). The van der Waals surface area contributed by atoms with Gasteiger partial charge in [0.25, 0.3) is 0 Å². The van der Waals surface area contributed by atoms with Gasteiger partial charge in [-0.05, 0) is 0 Å². The molecule has 0 saturated heterocycles. The van der Waals surface area contributed by atoms with Crippen LogP contribution in [0.15, 0.2) is 24.1 Å². The molecule has 9 heavy (non-hydrogen) atoms. The first-order valence-electron chi connectivity index (χ1n) is 2.12. The fourth-order valence-corrected chi connectivity index (χ4v) is 0.210. The summed E-state index contributed by atoms with van der Waals surface area (Å²) in [6, 6.07) is 0. The van der Waals surface area contributed by atoms with Crippen LogP contribution in [0.1, 0.15) is 0 Å². The molecule has 0 spiro atoms. The van der Waals surface area contributed by atoms with Crippen molar-refractivity contribution < 1.29 is 15.0 Å². The van der Waals surface area contributed by atoms with Crippen LogP contribution in [0.25, 0.3) is 0 Å². The van der Waals surface area contributed by atoms with Gasteiger partial charge < -0.3 is 15.9 Å². The van der Waals surface area contributed by atoms with Crippen LogP contribution in [0.4, 0.5) is 0 Å². The van der Waals surface area contributed by atoms with Crippen molar-refractivity contribution in [2.75, 3.05) is 0 Å². The SMILES string of the molecule is C=C(N)C(O)=CC(=O)O. The lowest BCUT2D eigenvalue weighted by molar-refractivity contribution is -0.131. The number of carboxylic acid groups (broad SMARTS) is 1. The van der Waals surface area contributed by atoms with Gasteiger partial charge in [0.2, 0.25) is 0 Å². The minimum atomic E-state index is -1.25. The van der Waals surface area contributed by atoms with Gasteiger partial charge in [0.1, 0.15) is 5.76 Å². The minimum Gasteiger partial charge on any atom is -0.506 e. The van der Waals surface area contributed by atoms with Crippen molar-refractivity contribution in [3.05, 3.63) is 24.1 Å². The summed E-state index contributed by atoms with van der Waals surface area (Å²) in [6.45, 7) is 3.10. The Hall–Kier alpha value is -1.45. The largest absolute Gasteiger partial charge is 0.506 e. The van der Waals surface area contributed by atoms with Crippen molar-refractivity contribution in [3.8, 4) is 0 Å². The predicted octanol–water partition coefficient (Wildman–Crippen LogP) is -0.0147. The third-order valence-corrected chi connectivity index (χ3v) is 0.589. The highest BCUT2D eigenvalue weighted by molar-refractivity contribution is 5.80. The Balaban J connectivity index is 4.17. The van der Waals surface area contributed by atoms with Crippen molar-refractivity contribution in [2.24, 2.45) is 5.73 Å². The number of hydrogen-bond donors (Lipinski definition) is 3. The van der Waals surface area contributed by atoms with Crippen molar-refractivity contribution in [1.82, 2.24) is 0 Å². The van der Waals surface area contributed by atoms with Crippen LogP contribution in [-0.4, -0.2) is 16.2 Å². The van der Waals surface area contributed by atoms with Gasteiger partial charge in [-0.15, -0.1) is 0 Å². The Labute approximate surface area is 51.9 Å². The highest BCUT2D eigenvalue weighted by atomic mass is 16.4. The fraction of sp³-hybridized carbons (Fsp3) is 0. The summed E-state index contributed by atoms with van der Waals surface area (Å²) in [5.74, 6) is -1.76. The predicted molar refractivity (Wildman–Crippen MR) is 31.7 cm³/mol. The first kappa shape index (κ1) is 7.55. The van der Waals surface area contributed by atoms with E-state index in [1.165, 1.54) is 0 Å². The lowest BCUT2D eigenvalue weighted by atomic mass is 10.4. The van der Waals surface area contributed by atoms with Crippen LogP contribution in [0.5, 0.6) is 0 Å². The molecule has 0 unspecified atom stereocenters. The van der Waals surface area contributed by atoms with Gasteiger partial charge in [-0.3, -0.25) is 0 Å². The van der Waals surface area contributed by atoms with E-state index in [0.29, 0.717) is 6.08 Å². The zero-order valence-electron chi connectivity index (χ0n) is 4.66. The van der Waals surface area contributed by atoms with Gasteiger partial charge in [0.05, 0.1) is 11.8 Å². The second kappa shape index (κ2) is 2.76. The van der Waals surface area contributed by atoms with Crippen LogP contribution < -0.4 is 5.73 Å². The lowest BCUT2D eigenvalue weighted by Gasteiger charge is -1.92. The average molecular weight is 129 g/mol. The van der Waals surface area contributed by atoms with Crippen LogP contribution in [0, 0.1) is 0 Å². The highest BCUT2D eigenvalue weighted by Gasteiger charge is 1.96. The smallest absolute Gasteiger partial charge is 0.332 e. The maximum atomic E-state index is 9.78. The summed E-state index contributed by atoms with van der Waals surface area (Å²) < 4.78 is 0. The number of hydrogen-bond acceptors (Lipinski definition) is 3. The fourth-order valence-electron chi connectivity index (χ4n) is 0.210. The molecule has 0 atom stereocenters. The van der Waals surface area contributed by atoms with E-state index in [0.717, 1.165) is 0 Å². The number of carboxylic acids is 1. The van der Waals surface area contributed by atoms with E-state index in [-0.39, 0.29) is 5.70 Å². The van der Waals surface area contributed by atoms with E-state index in [1.807, 2.05) is 0 Å². The monoisotopic (exact) mass is 129 g/mol. The maximum absolute atomic E-state index is 9.78. The van der Waals surface area contributed by atoms with Crippen molar-refractivity contribution in [1.29, 1.82) is 0 Å².